The summed E-state index contributed by atoms with van der Waals surface area (Å²) in [7, 11) is 3.85. The first kappa shape index (κ1) is 17.0. The molecule has 0 saturated carbocycles. The van der Waals surface area contributed by atoms with E-state index in [1.54, 1.807) is 0 Å². The van der Waals surface area contributed by atoms with Crippen molar-refractivity contribution >= 4 is 21.6 Å². The van der Waals surface area contributed by atoms with Crippen LogP contribution in [-0.2, 0) is 0 Å². The maximum Gasteiger partial charge on any atom is 0.000844 e. The van der Waals surface area contributed by atoms with Crippen molar-refractivity contribution in [2.45, 2.75) is 41.5 Å². The van der Waals surface area contributed by atoms with Gasteiger partial charge in [0, 0.05) is 11.5 Å². The molecule has 0 aliphatic carbocycles. The first-order valence-electron chi connectivity index (χ1n) is 3.57. The van der Waals surface area contributed by atoms with Crippen LogP contribution in [-0.4, -0.2) is 11.5 Å². The van der Waals surface area contributed by atoms with Crippen molar-refractivity contribution in [3.63, 3.8) is 0 Å². The van der Waals surface area contributed by atoms with Crippen LogP contribution < -0.4 is 0 Å². The van der Waals surface area contributed by atoms with Gasteiger partial charge in [0.05, 0.1) is 0 Å². The van der Waals surface area contributed by atoms with Crippen LogP contribution >= 0.6 is 21.6 Å². The summed E-state index contributed by atoms with van der Waals surface area (Å²) in [6.45, 7) is 8.60. The normalized spacial score (nSPS) is 7.20. The number of rotatable bonds is 3. The van der Waals surface area contributed by atoms with E-state index in [0.717, 1.165) is 0 Å². The predicted octanol–water partition coefficient (Wildman–Crippen LogP) is 4.46. The van der Waals surface area contributed by atoms with Crippen LogP contribution in [0.25, 0.3) is 0 Å². The van der Waals surface area contributed by atoms with Crippen molar-refractivity contribution in [1.82, 2.24) is 0 Å². The minimum absolute atomic E-state index is 0. The molecule has 2 heteroatoms. The Bertz CT molecular complexity index is 26.4. The minimum atomic E-state index is 0. The second kappa shape index (κ2) is 22.6. The van der Waals surface area contributed by atoms with Gasteiger partial charge < -0.3 is 0 Å². The Morgan fingerprint density at radius 3 is 1.10 bits per heavy atom. The summed E-state index contributed by atoms with van der Waals surface area (Å²) < 4.78 is 0. The highest BCUT2D eigenvalue weighted by Gasteiger charge is 1.75. The van der Waals surface area contributed by atoms with Crippen LogP contribution in [0.4, 0.5) is 0 Å². The Labute approximate surface area is 75.0 Å². The second-order valence-electron chi connectivity index (χ2n) is 1.52. The third-order valence-electron chi connectivity index (χ3n) is 0.319. The zero-order chi connectivity index (χ0) is 7.54. The number of hydrogen-bond acceptors (Lipinski definition) is 2. The van der Waals surface area contributed by atoms with E-state index in [1.807, 2.05) is 21.6 Å². The van der Waals surface area contributed by atoms with Crippen LogP contribution in [0, 0.1) is 0 Å². The highest BCUT2D eigenvalue weighted by Crippen LogP contribution is 2.18. The molecule has 0 amide bonds. The van der Waals surface area contributed by atoms with E-state index in [4.69, 9.17) is 0 Å². The Hall–Kier alpha value is 0.700. The van der Waals surface area contributed by atoms with Crippen molar-refractivity contribution < 1.29 is 0 Å². The van der Waals surface area contributed by atoms with Crippen molar-refractivity contribution in [3.05, 3.63) is 0 Å². The molecule has 0 saturated heterocycles. The van der Waals surface area contributed by atoms with Gasteiger partial charge in [0.15, 0.2) is 0 Å². The van der Waals surface area contributed by atoms with Gasteiger partial charge in [0.2, 0.25) is 0 Å². The lowest BCUT2D eigenvalue weighted by atomic mass is 10.6. The monoisotopic (exact) mass is 182 g/mol. The molecule has 0 heterocycles. The maximum atomic E-state index is 2.17. The molecule has 0 aromatic heterocycles. The molecule has 0 atom stereocenters. The fourth-order valence-corrected chi connectivity index (χ4v) is 1.50. The van der Waals surface area contributed by atoms with Crippen molar-refractivity contribution in [1.29, 1.82) is 0 Å². The second-order valence-corrected chi connectivity index (χ2v) is 4.56. The van der Waals surface area contributed by atoms with E-state index < -0.39 is 0 Å². The molecule has 0 aliphatic heterocycles. The maximum absolute atomic E-state index is 2.17. The van der Waals surface area contributed by atoms with E-state index in [2.05, 4.69) is 27.7 Å². The van der Waals surface area contributed by atoms with E-state index in [1.165, 1.54) is 17.9 Å². The largest absolute Gasteiger partial charge is 0.0945 e. The highest BCUT2D eigenvalue weighted by molar-refractivity contribution is 8.76. The Morgan fingerprint density at radius 1 is 0.800 bits per heavy atom. The molecule has 0 aromatic rings. The summed E-state index contributed by atoms with van der Waals surface area (Å²) >= 11 is 0. The van der Waals surface area contributed by atoms with Gasteiger partial charge in [-0.3, -0.25) is 0 Å². The molecule has 0 N–H and O–H groups in total. The molecule has 0 aromatic carbocycles. The molecule has 0 spiro atoms. The highest BCUT2D eigenvalue weighted by atomic mass is 33.1. The van der Waals surface area contributed by atoms with Crippen molar-refractivity contribution in [2.24, 2.45) is 0 Å². The SMILES string of the molecule is C.CCC.CCSSCC. The van der Waals surface area contributed by atoms with Crippen LogP contribution in [0.3, 0.4) is 0 Å². The molecule has 0 unspecified atom stereocenters. The van der Waals surface area contributed by atoms with E-state index in [0.29, 0.717) is 0 Å². The summed E-state index contributed by atoms with van der Waals surface area (Å²) in [6, 6.07) is 0. The van der Waals surface area contributed by atoms with Crippen LogP contribution in [0.1, 0.15) is 41.5 Å². The quantitative estimate of drug-likeness (QED) is 0.467. The Balaban J connectivity index is -0.000000107. The average Bonchev–Trinajstić information content (AvgIpc) is 1.86. The lowest BCUT2D eigenvalue weighted by molar-refractivity contribution is 1.09. The lowest BCUT2D eigenvalue weighted by Gasteiger charge is -1.86. The van der Waals surface area contributed by atoms with E-state index in [9.17, 15) is 0 Å². The summed E-state index contributed by atoms with van der Waals surface area (Å²) in [5.41, 5.74) is 0. The smallest absolute Gasteiger partial charge is 0.000844 e. The molecule has 0 rings (SSSR count). The molecule has 10 heavy (non-hydrogen) atoms. The van der Waals surface area contributed by atoms with E-state index >= 15 is 0 Å². The standard InChI is InChI=1S/C4H10S2.C3H8.CH4/c1-3-5-6-4-2;1-3-2;/h3-4H2,1-2H3;3H2,1-2H3;1H4. The van der Waals surface area contributed by atoms with Gasteiger partial charge in [-0.15, -0.1) is 0 Å². The lowest BCUT2D eigenvalue weighted by Crippen LogP contribution is -1.59. The number of hydrogen-bond donors (Lipinski definition) is 0. The van der Waals surface area contributed by atoms with Gasteiger partial charge in [-0.1, -0.05) is 63.1 Å². The van der Waals surface area contributed by atoms with Gasteiger partial charge in [-0.2, -0.15) is 0 Å². The topological polar surface area (TPSA) is 0 Å². The van der Waals surface area contributed by atoms with Crippen LogP contribution in [0.15, 0.2) is 0 Å². The van der Waals surface area contributed by atoms with Gasteiger partial charge >= 0.3 is 0 Å². The molecule has 0 nitrogen and oxygen atoms in total. The van der Waals surface area contributed by atoms with Crippen LogP contribution in [0.2, 0.25) is 0 Å². The minimum Gasteiger partial charge on any atom is -0.0945 e. The van der Waals surface area contributed by atoms with Crippen molar-refractivity contribution in [3.8, 4) is 0 Å². The fourth-order valence-electron chi connectivity index (χ4n) is 0.167. The van der Waals surface area contributed by atoms with Crippen molar-refractivity contribution in [2.75, 3.05) is 11.5 Å². The zero-order valence-electron chi connectivity index (χ0n) is 6.94. The van der Waals surface area contributed by atoms with Crippen LogP contribution in [0.5, 0.6) is 0 Å². The molecular formula is C8H22S2. The first-order valence-corrected chi connectivity index (χ1v) is 6.06. The summed E-state index contributed by atoms with van der Waals surface area (Å²) in [4.78, 5) is 0. The van der Waals surface area contributed by atoms with Gasteiger partial charge in [-0.05, 0) is 0 Å². The average molecular weight is 182 g/mol. The molecule has 0 bridgehead atoms. The molecule has 66 valence electrons. The summed E-state index contributed by atoms with van der Waals surface area (Å²) in [5.74, 6) is 2.47. The predicted molar refractivity (Wildman–Crippen MR) is 59.0 cm³/mol. The van der Waals surface area contributed by atoms with Gasteiger partial charge in [0.1, 0.15) is 0 Å². The Morgan fingerprint density at radius 2 is 1.00 bits per heavy atom. The summed E-state index contributed by atoms with van der Waals surface area (Å²) in [6.07, 6.45) is 1.25. The molecule has 0 aliphatic rings. The summed E-state index contributed by atoms with van der Waals surface area (Å²) in [5, 5.41) is 0. The fraction of sp³-hybridized carbons (Fsp3) is 1.00. The molecule has 0 radical (unpaired) electrons. The third-order valence-corrected chi connectivity index (χ3v) is 2.87. The zero-order valence-corrected chi connectivity index (χ0v) is 8.57. The first-order chi connectivity index (χ1) is 4.33. The Kier molecular flexibility index (Phi) is 38.4. The van der Waals surface area contributed by atoms with E-state index in [-0.39, 0.29) is 7.43 Å². The van der Waals surface area contributed by atoms with Gasteiger partial charge in [0.25, 0.3) is 0 Å². The third kappa shape index (κ3) is 37.7. The molecule has 0 fully saturated rings. The van der Waals surface area contributed by atoms with Gasteiger partial charge in [-0.25, -0.2) is 0 Å². The molecular weight excluding hydrogens is 160 g/mol.